The molecule has 4 heteroatoms. The van der Waals surface area contributed by atoms with E-state index in [0.29, 0.717) is 12.1 Å². The molecule has 0 fully saturated rings. The van der Waals surface area contributed by atoms with Gasteiger partial charge in [-0.05, 0) is 42.3 Å². The van der Waals surface area contributed by atoms with Crippen LogP contribution in [-0.2, 0) is 6.42 Å². The van der Waals surface area contributed by atoms with E-state index in [2.05, 4.69) is 4.98 Å². The Balaban J connectivity index is 2.21. The first-order valence-electron chi connectivity index (χ1n) is 5.59. The van der Waals surface area contributed by atoms with Gasteiger partial charge in [0.25, 0.3) is 0 Å². The lowest BCUT2D eigenvalue weighted by Gasteiger charge is -2.05. The summed E-state index contributed by atoms with van der Waals surface area (Å²) in [6.07, 6.45) is 0.538. The molecule has 1 aliphatic carbocycles. The number of pyridine rings is 1. The van der Waals surface area contributed by atoms with Crippen molar-refractivity contribution >= 4 is 5.97 Å². The van der Waals surface area contributed by atoms with Gasteiger partial charge in [0.1, 0.15) is 5.82 Å². The number of rotatable bonds is 1. The van der Waals surface area contributed by atoms with Gasteiger partial charge in [-0.25, -0.2) is 9.18 Å². The summed E-state index contributed by atoms with van der Waals surface area (Å²) >= 11 is 0. The highest BCUT2D eigenvalue weighted by Gasteiger charge is 2.23. The predicted molar refractivity (Wildman–Crippen MR) is 64.1 cm³/mol. The van der Waals surface area contributed by atoms with Crippen LogP contribution in [0.1, 0.15) is 27.2 Å². The van der Waals surface area contributed by atoms with Crippen LogP contribution in [0.4, 0.5) is 4.39 Å². The van der Waals surface area contributed by atoms with E-state index in [0.717, 1.165) is 22.4 Å². The van der Waals surface area contributed by atoms with Crippen molar-refractivity contribution in [2.75, 3.05) is 0 Å². The van der Waals surface area contributed by atoms with Gasteiger partial charge < -0.3 is 5.11 Å². The Morgan fingerprint density at radius 3 is 2.83 bits per heavy atom. The first-order chi connectivity index (χ1) is 8.56. The number of carboxylic acids is 1. The van der Waals surface area contributed by atoms with Crippen LogP contribution in [0, 0.1) is 12.7 Å². The maximum Gasteiger partial charge on any atom is 0.337 e. The monoisotopic (exact) mass is 243 g/mol. The largest absolute Gasteiger partial charge is 0.478 e. The van der Waals surface area contributed by atoms with Gasteiger partial charge in [-0.3, -0.25) is 4.98 Å². The molecule has 18 heavy (non-hydrogen) atoms. The highest BCUT2D eigenvalue weighted by atomic mass is 19.1. The van der Waals surface area contributed by atoms with Crippen LogP contribution >= 0.6 is 0 Å². The maximum atomic E-state index is 13.2. The molecule has 1 aliphatic rings. The van der Waals surface area contributed by atoms with Gasteiger partial charge in [0, 0.05) is 12.0 Å². The molecule has 1 heterocycles. The SMILES string of the molecule is Cc1nc2c(cc1C(=O)O)Cc1cc(F)ccc1-2. The van der Waals surface area contributed by atoms with Crippen LogP contribution in [0.25, 0.3) is 11.3 Å². The van der Waals surface area contributed by atoms with Gasteiger partial charge in [-0.1, -0.05) is 0 Å². The van der Waals surface area contributed by atoms with E-state index in [1.807, 2.05) is 0 Å². The van der Waals surface area contributed by atoms with E-state index >= 15 is 0 Å². The van der Waals surface area contributed by atoms with E-state index in [1.165, 1.54) is 12.1 Å². The third-order valence-electron chi connectivity index (χ3n) is 3.23. The van der Waals surface area contributed by atoms with Crippen LogP contribution < -0.4 is 0 Å². The number of carbonyl (C=O) groups is 1. The molecular formula is C14H10FNO2. The molecule has 1 aromatic heterocycles. The summed E-state index contributed by atoms with van der Waals surface area (Å²) in [5, 5.41) is 9.06. The van der Waals surface area contributed by atoms with Crippen LogP contribution in [0.5, 0.6) is 0 Å². The summed E-state index contributed by atoms with van der Waals surface area (Å²) in [6, 6.07) is 6.21. The molecule has 0 atom stereocenters. The second-order valence-corrected chi connectivity index (χ2v) is 4.41. The summed E-state index contributed by atoms with van der Waals surface area (Å²) in [6.45, 7) is 1.67. The van der Waals surface area contributed by atoms with Crippen molar-refractivity contribution in [3.63, 3.8) is 0 Å². The Labute approximate surface area is 103 Å². The van der Waals surface area contributed by atoms with Crippen LogP contribution in [0.15, 0.2) is 24.3 Å². The number of nitrogens with zero attached hydrogens (tertiary/aromatic N) is 1. The summed E-state index contributed by atoms with van der Waals surface area (Å²) in [5.41, 5.74) is 4.07. The number of fused-ring (bicyclic) bond motifs is 3. The fourth-order valence-corrected chi connectivity index (χ4v) is 2.38. The lowest BCUT2D eigenvalue weighted by molar-refractivity contribution is 0.0695. The van der Waals surface area contributed by atoms with E-state index < -0.39 is 5.97 Å². The van der Waals surface area contributed by atoms with Crippen molar-refractivity contribution in [1.29, 1.82) is 0 Å². The minimum absolute atomic E-state index is 0.210. The summed E-state index contributed by atoms with van der Waals surface area (Å²) in [7, 11) is 0. The topological polar surface area (TPSA) is 50.2 Å². The molecule has 3 nitrogen and oxygen atoms in total. The van der Waals surface area contributed by atoms with Crippen LogP contribution in [0.3, 0.4) is 0 Å². The minimum atomic E-state index is -0.982. The normalized spacial score (nSPS) is 12.1. The first-order valence-corrected chi connectivity index (χ1v) is 5.59. The molecule has 0 saturated heterocycles. The van der Waals surface area contributed by atoms with Crippen LogP contribution in [0.2, 0.25) is 0 Å². The molecule has 2 aromatic rings. The Morgan fingerprint density at radius 1 is 1.33 bits per heavy atom. The molecule has 3 rings (SSSR count). The second kappa shape index (κ2) is 3.63. The quantitative estimate of drug-likeness (QED) is 0.715. The fraction of sp³-hybridized carbons (Fsp3) is 0.143. The summed E-state index contributed by atoms with van der Waals surface area (Å²) in [5.74, 6) is -1.26. The number of aromatic nitrogens is 1. The van der Waals surface area contributed by atoms with Gasteiger partial charge in [0.05, 0.1) is 17.0 Å². The van der Waals surface area contributed by atoms with E-state index in [1.54, 1.807) is 19.1 Å². The average Bonchev–Trinajstić information content (AvgIpc) is 2.64. The molecule has 0 spiro atoms. The zero-order valence-electron chi connectivity index (χ0n) is 9.70. The van der Waals surface area contributed by atoms with Gasteiger partial charge in [-0.15, -0.1) is 0 Å². The lowest BCUT2D eigenvalue weighted by atomic mass is 10.1. The third-order valence-corrected chi connectivity index (χ3v) is 3.23. The van der Waals surface area contributed by atoms with E-state index in [4.69, 9.17) is 5.11 Å². The Morgan fingerprint density at radius 2 is 2.11 bits per heavy atom. The Hall–Kier alpha value is -2.23. The highest BCUT2D eigenvalue weighted by Crippen LogP contribution is 2.36. The number of benzene rings is 1. The Bertz CT molecular complexity index is 680. The summed E-state index contributed by atoms with van der Waals surface area (Å²) < 4.78 is 13.2. The molecule has 90 valence electrons. The number of hydrogen-bond acceptors (Lipinski definition) is 2. The molecular weight excluding hydrogens is 233 g/mol. The number of hydrogen-bond donors (Lipinski definition) is 1. The van der Waals surface area contributed by atoms with Gasteiger partial charge >= 0.3 is 5.97 Å². The average molecular weight is 243 g/mol. The standard InChI is InChI=1S/C14H10FNO2/c1-7-12(14(17)18)6-9-4-8-5-10(15)2-3-11(8)13(9)16-7/h2-3,5-6H,4H2,1H3,(H,17,18). The molecule has 0 saturated carbocycles. The fourth-order valence-electron chi connectivity index (χ4n) is 2.38. The first kappa shape index (κ1) is 10.9. The zero-order chi connectivity index (χ0) is 12.9. The predicted octanol–water partition coefficient (Wildman–Crippen LogP) is 2.80. The van der Waals surface area contributed by atoms with Crippen molar-refractivity contribution in [3.8, 4) is 11.3 Å². The maximum absolute atomic E-state index is 13.2. The van der Waals surface area contributed by atoms with Crippen molar-refractivity contribution in [2.45, 2.75) is 13.3 Å². The molecule has 0 radical (unpaired) electrons. The lowest BCUT2D eigenvalue weighted by Crippen LogP contribution is -2.03. The molecule has 1 aromatic carbocycles. The third kappa shape index (κ3) is 1.49. The van der Waals surface area contributed by atoms with Crippen LogP contribution in [-0.4, -0.2) is 16.1 Å². The molecule has 1 N–H and O–H groups in total. The second-order valence-electron chi connectivity index (χ2n) is 4.41. The van der Waals surface area contributed by atoms with Crippen molar-refractivity contribution in [2.24, 2.45) is 0 Å². The number of aromatic carboxylic acids is 1. The van der Waals surface area contributed by atoms with Gasteiger partial charge in [0.15, 0.2) is 0 Å². The molecule has 0 aliphatic heterocycles. The number of halogens is 1. The van der Waals surface area contributed by atoms with Crippen molar-refractivity contribution < 1.29 is 14.3 Å². The van der Waals surface area contributed by atoms with E-state index in [-0.39, 0.29) is 11.4 Å². The summed E-state index contributed by atoms with van der Waals surface area (Å²) in [4.78, 5) is 15.4. The molecule has 0 unspecified atom stereocenters. The van der Waals surface area contributed by atoms with Gasteiger partial charge in [-0.2, -0.15) is 0 Å². The number of carboxylic acid groups (broad SMARTS) is 1. The van der Waals surface area contributed by atoms with Crippen molar-refractivity contribution in [3.05, 3.63) is 52.5 Å². The highest BCUT2D eigenvalue weighted by molar-refractivity contribution is 5.90. The number of aryl methyl sites for hydroxylation is 1. The molecule has 0 amide bonds. The van der Waals surface area contributed by atoms with E-state index in [9.17, 15) is 9.18 Å². The van der Waals surface area contributed by atoms with Gasteiger partial charge in [0.2, 0.25) is 0 Å². The van der Waals surface area contributed by atoms with Crippen molar-refractivity contribution in [1.82, 2.24) is 4.98 Å². The molecule has 0 bridgehead atoms. The smallest absolute Gasteiger partial charge is 0.337 e. The zero-order valence-corrected chi connectivity index (χ0v) is 9.70. The minimum Gasteiger partial charge on any atom is -0.478 e. The Kier molecular flexibility index (Phi) is 2.20.